The van der Waals surface area contributed by atoms with E-state index < -0.39 is 0 Å². The zero-order valence-corrected chi connectivity index (χ0v) is 12.1. The van der Waals surface area contributed by atoms with E-state index in [4.69, 9.17) is 0 Å². The maximum Gasteiger partial charge on any atom is 0.120 e. The van der Waals surface area contributed by atoms with E-state index in [1.807, 2.05) is 12.1 Å². The van der Waals surface area contributed by atoms with E-state index in [0.717, 1.165) is 23.1 Å². The third-order valence-corrected chi connectivity index (χ3v) is 4.09. The van der Waals surface area contributed by atoms with Crippen LogP contribution in [0.1, 0.15) is 32.3 Å². The van der Waals surface area contributed by atoms with E-state index in [0.29, 0.717) is 17.7 Å². The van der Waals surface area contributed by atoms with Crippen molar-refractivity contribution in [2.45, 2.75) is 39.3 Å². The molecule has 0 spiro atoms. The molecule has 2 nitrogen and oxygen atoms in total. The van der Waals surface area contributed by atoms with Crippen LogP contribution in [0.25, 0.3) is 0 Å². The van der Waals surface area contributed by atoms with Crippen LogP contribution in [0.5, 0.6) is 5.75 Å². The number of rotatable bonds is 3. The van der Waals surface area contributed by atoms with Gasteiger partial charge in [-0.2, -0.15) is 0 Å². The van der Waals surface area contributed by atoms with E-state index in [2.05, 4.69) is 34.7 Å². The van der Waals surface area contributed by atoms with E-state index >= 15 is 0 Å². The first kappa shape index (κ1) is 12.9. The minimum absolute atomic E-state index is 0.405. The lowest BCUT2D eigenvalue weighted by atomic mass is 10.0. The van der Waals surface area contributed by atoms with Gasteiger partial charge in [-0.25, -0.2) is 0 Å². The van der Waals surface area contributed by atoms with Gasteiger partial charge in [0.25, 0.3) is 0 Å². The number of likely N-dealkylation sites (tertiary alicyclic amines) is 1. The molecule has 1 aliphatic rings. The fourth-order valence-electron chi connectivity index (χ4n) is 2.70. The van der Waals surface area contributed by atoms with Crippen molar-refractivity contribution in [3.05, 3.63) is 28.2 Å². The summed E-state index contributed by atoms with van der Waals surface area (Å²) in [5.41, 5.74) is 1.02. The van der Waals surface area contributed by atoms with Crippen LogP contribution in [0.3, 0.4) is 0 Å². The fraction of sp³-hybridized carbons (Fsp3) is 0.571. The highest BCUT2D eigenvalue weighted by molar-refractivity contribution is 9.10. The van der Waals surface area contributed by atoms with E-state index in [9.17, 15) is 5.11 Å². The average Bonchev–Trinajstić information content (AvgIpc) is 2.71. The largest absolute Gasteiger partial charge is 0.508 e. The van der Waals surface area contributed by atoms with Crippen molar-refractivity contribution in [3.8, 4) is 5.75 Å². The first-order valence-corrected chi connectivity index (χ1v) is 7.08. The molecule has 1 heterocycles. The molecule has 0 aromatic heterocycles. The van der Waals surface area contributed by atoms with Crippen LogP contribution < -0.4 is 0 Å². The summed E-state index contributed by atoms with van der Waals surface area (Å²) >= 11 is 3.46. The molecule has 3 heteroatoms. The van der Waals surface area contributed by atoms with E-state index in [1.54, 1.807) is 6.07 Å². The molecular formula is C14H20BrNO. The molecule has 1 unspecified atom stereocenters. The molecule has 1 fully saturated rings. The first-order chi connectivity index (χ1) is 8.08. The summed E-state index contributed by atoms with van der Waals surface area (Å²) in [5, 5.41) is 9.87. The Kier molecular flexibility index (Phi) is 4.10. The molecule has 1 aliphatic heterocycles. The second-order valence-electron chi connectivity index (χ2n) is 5.20. The zero-order valence-electron chi connectivity index (χ0n) is 10.5. The maximum absolute atomic E-state index is 9.87. The lowest BCUT2D eigenvalue weighted by Gasteiger charge is -2.27. The molecule has 0 saturated carbocycles. The summed E-state index contributed by atoms with van der Waals surface area (Å²) in [5.74, 6) is 1.09. The van der Waals surface area contributed by atoms with Crippen molar-refractivity contribution < 1.29 is 5.11 Å². The molecule has 17 heavy (non-hydrogen) atoms. The minimum atomic E-state index is 0.405. The molecule has 94 valence electrons. The summed E-state index contributed by atoms with van der Waals surface area (Å²) in [7, 11) is 0. The quantitative estimate of drug-likeness (QED) is 0.918. The van der Waals surface area contributed by atoms with Crippen LogP contribution in [0.2, 0.25) is 0 Å². The Labute approximate surface area is 112 Å². The number of aromatic hydroxyl groups is 1. The van der Waals surface area contributed by atoms with E-state index in [-0.39, 0.29) is 0 Å². The number of nitrogens with zero attached hydrogens (tertiary/aromatic N) is 1. The highest BCUT2D eigenvalue weighted by Gasteiger charge is 2.27. The Hall–Kier alpha value is -0.540. The smallest absolute Gasteiger partial charge is 0.120 e. The van der Waals surface area contributed by atoms with Gasteiger partial charge < -0.3 is 5.11 Å². The Morgan fingerprint density at radius 2 is 2.24 bits per heavy atom. The van der Waals surface area contributed by atoms with Crippen molar-refractivity contribution >= 4 is 15.9 Å². The van der Waals surface area contributed by atoms with Crippen molar-refractivity contribution in [2.24, 2.45) is 5.92 Å². The van der Waals surface area contributed by atoms with Gasteiger partial charge in [0.15, 0.2) is 0 Å². The third kappa shape index (κ3) is 3.02. The summed E-state index contributed by atoms with van der Waals surface area (Å²) < 4.78 is 1.03. The van der Waals surface area contributed by atoms with Gasteiger partial charge in [-0.05, 0) is 43.5 Å². The van der Waals surface area contributed by atoms with Crippen LogP contribution >= 0.6 is 15.9 Å². The standard InChI is InChI=1S/C14H20BrNO/c1-10(2)13-4-3-7-16(13)9-11-8-12(15)5-6-14(11)17/h5-6,8,10,13,17H,3-4,7,9H2,1-2H3. The third-order valence-electron chi connectivity index (χ3n) is 3.60. The van der Waals surface area contributed by atoms with Gasteiger partial charge in [-0.15, -0.1) is 0 Å². The van der Waals surface area contributed by atoms with Crippen LogP contribution in [-0.2, 0) is 6.54 Å². The van der Waals surface area contributed by atoms with Crippen molar-refractivity contribution in [1.82, 2.24) is 4.90 Å². The molecule has 0 radical (unpaired) electrons. The van der Waals surface area contributed by atoms with Gasteiger partial charge in [0.2, 0.25) is 0 Å². The maximum atomic E-state index is 9.87. The van der Waals surface area contributed by atoms with Crippen LogP contribution in [0.15, 0.2) is 22.7 Å². The average molecular weight is 298 g/mol. The van der Waals surface area contributed by atoms with Crippen molar-refractivity contribution in [3.63, 3.8) is 0 Å². The summed E-state index contributed by atoms with van der Waals surface area (Å²) in [6.07, 6.45) is 2.56. The van der Waals surface area contributed by atoms with Gasteiger partial charge in [0.1, 0.15) is 5.75 Å². The van der Waals surface area contributed by atoms with Crippen LogP contribution in [0, 0.1) is 5.92 Å². The number of hydrogen-bond donors (Lipinski definition) is 1. The molecule has 1 atom stereocenters. The monoisotopic (exact) mass is 297 g/mol. The normalized spacial score (nSPS) is 21.3. The fourth-order valence-corrected chi connectivity index (χ4v) is 3.11. The number of hydrogen-bond acceptors (Lipinski definition) is 2. The minimum Gasteiger partial charge on any atom is -0.508 e. The van der Waals surface area contributed by atoms with E-state index in [1.165, 1.54) is 12.8 Å². The van der Waals surface area contributed by atoms with Gasteiger partial charge in [0, 0.05) is 22.6 Å². The number of halogens is 1. The zero-order chi connectivity index (χ0) is 12.4. The first-order valence-electron chi connectivity index (χ1n) is 6.29. The number of phenols is 1. The number of benzene rings is 1. The van der Waals surface area contributed by atoms with Crippen LogP contribution in [0.4, 0.5) is 0 Å². The van der Waals surface area contributed by atoms with Gasteiger partial charge in [-0.3, -0.25) is 4.90 Å². The summed E-state index contributed by atoms with van der Waals surface area (Å²) in [4.78, 5) is 2.49. The lowest BCUT2D eigenvalue weighted by molar-refractivity contribution is 0.197. The summed E-state index contributed by atoms with van der Waals surface area (Å²) in [6.45, 7) is 6.57. The highest BCUT2D eigenvalue weighted by Crippen LogP contribution is 2.29. The van der Waals surface area contributed by atoms with Gasteiger partial charge in [-0.1, -0.05) is 29.8 Å². The molecule has 0 aliphatic carbocycles. The predicted octanol–water partition coefficient (Wildman–Crippen LogP) is 3.78. The molecule has 0 amide bonds. The molecular weight excluding hydrogens is 278 g/mol. The van der Waals surface area contributed by atoms with Crippen molar-refractivity contribution in [1.29, 1.82) is 0 Å². The summed E-state index contributed by atoms with van der Waals surface area (Å²) in [6, 6.07) is 6.32. The molecule has 1 N–H and O–H groups in total. The predicted molar refractivity (Wildman–Crippen MR) is 74.1 cm³/mol. The topological polar surface area (TPSA) is 23.5 Å². The SMILES string of the molecule is CC(C)C1CCCN1Cc1cc(Br)ccc1O. The Morgan fingerprint density at radius 3 is 2.94 bits per heavy atom. The second kappa shape index (κ2) is 5.40. The lowest BCUT2D eigenvalue weighted by Crippen LogP contribution is -2.32. The molecule has 0 bridgehead atoms. The highest BCUT2D eigenvalue weighted by atomic mass is 79.9. The Bertz CT molecular complexity index is 392. The van der Waals surface area contributed by atoms with Crippen molar-refractivity contribution in [2.75, 3.05) is 6.54 Å². The Balaban J connectivity index is 2.12. The van der Waals surface area contributed by atoms with Crippen LogP contribution in [-0.4, -0.2) is 22.6 Å². The Morgan fingerprint density at radius 1 is 1.47 bits per heavy atom. The number of phenolic OH excluding ortho intramolecular Hbond substituents is 1. The molecule has 1 aromatic carbocycles. The molecule has 2 rings (SSSR count). The molecule has 1 saturated heterocycles. The second-order valence-corrected chi connectivity index (χ2v) is 6.11. The molecule has 1 aromatic rings. The van der Waals surface area contributed by atoms with Gasteiger partial charge >= 0.3 is 0 Å². The van der Waals surface area contributed by atoms with Gasteiger partial charge in [0.05, 0.1) is 0 Å².